The van der Waals surface area contributed by atoms with E-state index in [1.165, 1.54) is 6.07 Å². The lowest BCUT2D eigenvalue weighted by Gasteiger charge is -2.16. The van der Waals surface area contributed by atoms with Gasteiger partial charge in [0.1, 0.15) is 0 Å². The van der Waals surface area contributed by atoms with Crippen LogP contribution in [0.4, 0.5) is 5.69 Å². The van der Waals surface area contributed by atoms with Crippen molar-refractivity contribution >= 4 is 23.1 Å². The molecule has 0 fully saturated rings. The number of hydrogen-bond donors (Lipinski definition) is 1. The fourth-order valence-corrected chi connectivity index (χ4v) is 5.28. The van der Waals surface area contributed by atoms with Crippen LogP contribution in [0.3, 0.4) is 0 Å². The predicted molar refractivity (Wildman–Crippen MR) is 87.9 cm³/mol. The first-order valence-corrected chi connectivity index (χ1v) is 10.7. The molecule has 0 bridgehead atoms. The highest BCUT2D eigenvalue weighted by Gasteiger charge is 2.23. The Morgan fingerprint density at radius 3 is 2.23 bits per heavy atom. The van der Waals surface area contributed by atoms with E-state index in [9.17, 15) is 13.0 Å². The highest BCUT2D eigenvalue weighted by molar-refractivity contribution is 7.91. The van der Waals surface area contributed by atoms with Crippen LogP contribution in [0.5, 0.6) is 0 Å². The zero-order chi connectivity index (χ0) is 16.6. The second kappa shape index (κ2) is 8.67. The van der Waals surface area contributed by atoms with Gasteiger partial charge in [0.05, 0.1) is 35.7 Å². The minimum atomic E-state index is -3.43. The van der Waals surface area contributed by atoms with Crippen molar-refractivity contribution in [1.29, 1.82) is 0 Å². The van der Waals surface area contributed by atoms with Gasteiger partial charge in [0.15, 0.2) is 9.84 Å². The van der Waals surface area contributed by atoms with Gasteiger partial charge in [0.2, 0.25) is 0 Å². The monoisotopic (exact) mass is 349 g/mol. The summed E-state index contributed by atoms with van der Waals surface area (Å²) in [5.74, 6) is -0.0422. The molecule has 22 heavy (non-hydrogen) atoms. The topological polar surface area (TPSA) is 95.7 Å². The average molecular weight is 349 g/mol. The van der Waals surface area contributed by atoms with Crippen LogP contribution >= 0.6 is 7.60 Å². The Morgan fingerprint density at radius 1 is 1.09 bits per heavy atom. The van der Waals surface area contributed by atoms with Crippen LogP contribution in [0.1, 0.15) is 26.7 Å². The van der Waals surface area contributed by atoms with Crippen LogP contribution in [-0.4, -0.2) is 33.5 Å². The highest BCUT2D eigenvalue weighted by atomic mass is 32.2. The molecule has 0 saturated carbocycles. The number of nitrogens with two attached hydrogens (primary N) is 1. The number of para-hydroxylation sites is 1. The van der Waals surface area contributed by atoms with Crippen molar-refractivity contribution in [3.05, 3.63) is 24.3 Å². The Balaban J connectivity index is 2.57. The third-order valence-electron chi connectivity index (χ3n) is 3.00. The predicted octanol–water partition coefficient (Wildman–Crippen LogP) is 3.09. The number of rotatable bonds is 10. The molecule has 0 aliphatic heterocycles. The van der Waals surface area contributed by atoms with Gasteiger partial charge in [-0.25, -0.2) is 8.42 Å². The van der Waals surface area contributed by atoms with Crippen molar-refractivity contribution < 1.29 is 22.0 Å². The maximum atomic E-state index is 12.2. The lowest BCUT2D eigenvalue weighted by atomic mass is 10.3. The van der Waals surface area contributed by atoms with E-state index in [-0.39, 0.29) is 22.5 Å². The van der Waals surface area contributed by atoms with Crippen LogP contribution in [0.25, 0.3) is 0 Å². The summed E-state index contributed by atoms with van der Waals surface area (Å²) >= 11 is 0. The summed E-state index contributed by atoms with van der Waals surface area (Å²) in [6.07, 6.45) is 1.04. The van der Waals surface area contributed by atoms with Gasteiger partial charge >= 0.3 is 7.60 Å². The molecular weight excluding hydrogens is 325 g/mol. The molecule has 1 aromatic carbocycles. The molecule has 0 heterocycles. The summed E-state index contributed by atoms with van der Waals surface area (Å²) in [7, 11) is -6.53. The number of sulfone groups is 1. The molecule has 0 aromatic heterocycles. The molecule has 0 spiro atoms. The second-order valence-electron chi connectivity index (χ2n) is 4.73. The molecule has 6 nitrogen and oxygen atoms in total. The smallest absolute Gasteiger partial charge is 0.330 e. The SMILES string of the molecule is CCOP(=O)(CCCCS(=O)(=O)c1ccccc1N)OCC. The lowest BCUT2D eigenvalue weighted by molar-refractivity contribution is 0.219. The molecule has 0 saturated heterocycles. The van der Waals surface area contributed by atoms with E-state index < -0.39 is 17.4 Å². The van der Waals surface area contributed by atoms with Crippen LogP contribution in [0.2, 0.25) is 0 Å². The van der Waals surface area contributed by atoms with Crippen molar-refractivity contribution in [3.63, 3.8) is 0 Å². The summed E-state index contributed by atoms with van der Waals surface area (Å²) in [6.45, 7) is 4.09. The Hall–Kier alpha value is -0.880. The van der Waals surface area contributed by atoms with Crippen LogP contribution in [0.15, 0.2) is 29.2 Å². The van der Waals surface area contributed by atoms with E-state index in [0.717, 1.165) is 0 Å². The molecule has 2 N–H and O–H groups in total. The summed E-state index contributed by atoms with van der Waals surface area (Å²) in [5.41, 5.74) is 5.94. The highest BCUT2D eigenvalue weighted by Crippen LogP contribution is 2.48. The first-order chi connectivity index (χ1) is 10.3. The Bertz CT molecular complexity index is 607. The third-order valence-corrected chi connectivity index (χ3v) is 7.04. The molecular formula is C14H24NO5PS. The minimum Gasteiger partial charge on any atom is -0.398 e. The van der Waals surface area contributed by atoms with Crippen molar-refractivity contribution in [2.45, 2.75) is 31.6 Å². The maximum absolute atomic E-state index is 12.2. The van der Waals surface area contributed by atoms with E-state index >= 15 is 0 Å². The van der Waals surface area contributed by atoms with Crippen molar-refractivity contribution in [2.75, 3.05) is 30.9 Å². The molecule has 8 heteroatoms. The Morgan fingerprint density at radius 2 is 1.68 bits per heavy atom. The quantitative estimate of drug-likeness (QED) is 0.396. The number of nitrogen functional groups attached to an aromatic ring is 1. The zero-order valence-corrected chi connectivity index (χ0v) is 14.7. The molecule has 1 rings (SSSR count). The number of unbranched alkanes of at least 4 members (excludes halogenated alkanes) is 1. The van der Waals surface area contributed by atoms with Gasteiger partial charge in [-0.15, -0.1) is 0 Å². The van der Waals surface area contributed by atoms with Crippen molar-refractivity contribution in [1.82, 2.24) is 0 Å². The number of anilines is 1. The minimum absolute atomic E-state index is 0.0422. The van der Waals surface area contributed by atoms with Gasteiger partial charge in [-0.1, -0.05) is 12.1 Å². The molecule has 0 amide bonds. The lowest BCUT2D eigenvalue weighted by Crippen LogP contribution is -2.10. The molecule has 0 aliphatic carbocycles. The first-order valence-electron chi connectivity index (χ1n) is 7.30. The summed E-state index contributed by atoms with van der Waals surface area (Å²) in [6, 6.07) is 6.39. The van der Waals surface area contributed by atoms with Gasteiger partial charge in [-0.3, -0.25) is 4.57 Å². The standard InChI is InChI=1S/C14H24NO5PS/c1-3-19-21(16,20-4-2)11-7-8-12-22(17,18)14-10-6-5-9-13(14)15/h5-6,9-10H,3-4,7-8,11-12,15H2,1-2H3. The van der Waals surface area contributed by atoms with Crippen LogP contribution in [-0.2, 0) is 23.4 Å². The van der Waals surface area contributed by atoms with Gasteiger partial charge < -0.3 is 14.8 Å². The summed E-state index contributed by atoms with van der Waals surface area (Å²) in [4.78, 5) is 0.146. The normalized spacial score (nSPS) is 12.5. The third kappa shape index (κ3) is 5.72. The van der Waals surface area contributed by atoms with Crippen LogP contribution in [0, 0.1) is 0 Å². The number of benzene rings is 1. The van der Waals surface area contributed by atoms with Crippen molar-refractivity contribution in [3.8, 4) is 0 Å². The van der Waals surface area contributed by atoms with E-state index in [4.69, 9.17) is 14.8 Å². The second-order valence-corrected chi connectivity index (χ2v) is 9.00. The van der Waals surface area contributed by atoms with Gasteiger partial charge in [-0.05, 0) is 38.8 Å². The Labute approximate surface area is 132 Å². The van der Waals surface area contributed by atoms with E-state index in [2.05, 4.69) is 0 Å². The molecule has 126 valence electrons. The molecule has 0 atom stereocenters. The molecule has 0 radical (unpaired) electrons. The van der Waals surface area contributed by atoms with Gasteiger partial charge in [-0.2, -0.15) is 0 Å². The zero-order valence-electron chi connectivity index (χ0n) is 13.0. The van der Waals surface area contributed by atoms with E-state index in [1.54, 1.807) is 32.0 Å². The molecule has 0 aliphatic rings. The number of hydrogen-bond acceptors (Lipinski definition) is 6. The van der Waals surface area contributed by atoms with E-state index in [1.807, 2.05) is 0 Å². The average Bonchev–Trinajstić information content (AvgIpc) is 2.44. The largest absolute Gasteiger partial charge is 0.398 e. The maximum Gasteiger partial charge on any atom is 0.330 e. The van der Waals surface area contributed by atoms with Crippen LogP contribution < -0.4 is 5.73 Å². The first kappa shape index (κ1) is 19.2. The fourth-order valence-electron chi connectivity index (χ4n) is 2.03. The van der Waals surface area contributed by atoms with Crippen molar-refractivity contribution in [2.24, 2.45) is 0 Å². The summed E-state index contributed by atoms with van der Waals surface area (Å²) in [5, 5.41) is 0. The fraction of sp³-hybridized carbons (Fsp3) is 0.571. The van der Waals surface area contributed by atoms with E-state index in [0.29, 0.717) is 26.1 Å². The Kier molecular flexibility index (Phi) is 7.56. The van der Waals surface area contributed by atoms with Gasteiger partial charge in [0, 0.05) is 0 Å². The molecule has 0 unspecified atom stereocenters. The van der Waals surface area contributed by atoms with Gasteiger partial charge in [0.25, 0.3) is 0 Å². The summed E-state index contributed by atoms with van der Waals surface area (Å²) < 4.78 is 47.0. The molecule has 1 aromatic rings.